The van der Waals surface area contributed by atoms with E-state index < -0.39 is 12.7 Å². The quantitative estimate of drug-likeness (QED) is 0.0522. The number of nitrogens with zero attached hydrogens (tertiary/aromatic N) is 2. The minimum Gasteiger partial charge on any atom is -0.493 e. The number of alkyl halides is 6. The summed E-state index contributed by atoms with van der Waals surface area (Å²) in [4.78, 5) is 4.80. The lowest BCUT2D eigenvalue weighted by Gasteiger charge is -2.41. The Labute approximate surface area is 435 Å². The van der Waals surface area contributed by atoms with Crippen LogP contribution in [0.2, 0.25) is 10.0 Å². The van der Waals surface area contributed by atoms with Gasteiger partial charge >= 0.3 is 12.7 Å². The molecule has 0 aliphatic carbocycles. The molecule has 2 heterocycles. The third kappa shape index (κ3) is 17.3. The van der Waals surface area contributed by atoms with Crippen molar-refractivity contribution in [3.8, 4) is 23.0 Å². The summed E-state index contributed by atoms with van der Waals surface area (Å²) in [6.07, 6.45) is -3.32. The van der Waals surface area contributed by atoms with Gasteiger partial charge in [0.1, 0.15) is 18.1 Å². The van der Waals surface area contributed by atoms with E-state index in [1.54, 1.807) is 19.2 Å². The van der Waals surface area contributed by atoms with Crippen LogP contribution in [-0.4, -0.2) is 81.0 Å². The lowest BCUT2D eigenvalue weighted by molar-refractivity contribution is -0.275. The predicted octanol–water partition coefficient (Wildman–Crippen LogP) is 13.3. The molecule has 0 unspecified atom stereocenters. The van der Waals surface area contributed by atoms with E-state index in [-0.39, 0.29) is 23.6 Å². The fourth-order valence-electron chi connectivity index (χ4n) is 8.83. The van der Waals surface area contributed by atoms with Gasteiger partial charge in [0.2, 0.25) is 0 Å². The Morgan fingerprint density at radius 2 is 1.33 bits per heavy atom. The normalized spacial score (nSPS) is 15.5. The summed E-state index contributed by atoms with van der Waals surface area (Å²) < 4.78 is 94.0. The molecule has 2 aliphatic heterocycles. The van der Waals surface area contributed by atoms with Crippen LogP contribution in [0.15, 0.2) is 121 Å². The number of allylic oxidation sites excluding steroid dienone is 1. The van der Waals surface area contributed by atoms with Gasteiger partial charge in [-0.1, -0.05) is 97.7 Å². The molecule has 5 aromatic rings. The van der Waals surface area contributed by atoms with E-state index in [9.17, 15) is 26.3 Å². The van der Waals surface area contributed by atoms with Crippen LogP contribution in [0.3, 0.4) is 0 Å². The van der Waals surface area contributed by atoms with Crippen molar-refractivity contribution in [2.24, 2.45) is 0 Å². The maximum atomic E-state index is 12.5. The van der Waals surface area contributed by atoms with Crippen molar-refractivity contribution in [2.45, 2.75) is 91.0 Å². The fourth-order valence-corrected chi connectivity index (χ4v) is 9.35. The molecule has 3 N–H and O–H groups in total. The Bertz CT molecular complexity index is 2560. The molecular weight excluding hydrogens is 992 g/mol. The van der Waals surface area contributed by atoms with Gasteiger partial charge < -0.3 is 34.9 Å². The SMILES string of the molecule is C/C=C(/c1ccc(OC(F)(F)F)cc1)c1cc(CN2CCN(Cc3c(Cl)cccc3Cl)CC2)ccc1C.C=C(NCCCC)C1(NCc2ccc(OC)c(OCc3ccc(OC(F)(F)F)cc3)c2)CCNCC1. The van der Waals surface area contributed by atoms with Gasteiger partial charge in [-0.15, -0.1) is 26.3 Å². The lowest BCUT2D eigenvalue weighted by Crippen LogP contribution is -2.55. The highest BCUT2D eigenvalue weighted by molar-refractivity contribution is 6.36. The minimum absolute atomic E-state index is 0.174. The van der Waals surface area contributed by atoms with Crippen molar-refractivity contribution in [1.82, 2.24) is 25.8 Å². The van der Waals surface area contributed by atoms with Crippen molar-refractivity contribution >= 4 is 28.8 Å². The highest BCUT2D eigenvalue weighted by Crippen LogP contribution is 2.34. The standard InChI is InChI=1S/C29H29Cl2F3N2O.C27H36F3N3O3/c1-3-24(22-9-11-23(12-10-22)37-29(32,33)34)25-17-21(8-7-20(25)2)18-35-13-15-36(16-14-35)19-26-27(30)5-4-6-28(26)31;1-4-5-14-32-20(2)26(12-15-31-16-13-26)33-18-22-8-11-24(34-3)25(17-22)35-19-21-6-9-23(10-7-21)36-27(28,29)30/h3-12,17H,13-16,18-19H2,1-2H3;6-11,17,31-33H,2,4-5,12-16,18-19H2,1,3H3/b24-3-;. The number of piperidine rings is 1. The van der Waals surface area contributed by atoms with Crippen LogP contribution in [0.4, 0.5) is 26.3 Å². The number of piperazine rings is 1. The summed E-state index contributed by atoms with van der Waals surface area (Å²) in [7, 11) is 1.57. The average Bonchev–Trinajstić information content (AvgIpc) is 3.36. The molecule has 5 aromatic carbocycles. The van der Waals surface area contributed by atoms with Crippen LogP contribution in [0.25, 0.3) is 5.57 Å². The van der Waals surface area contributed by atoms with Crippen molar-refractivity contribution in [2.75, 3.05) is 52.9 Å². The fraction of sp³-hybridized carbons (Fsp3) is 0.393. The van der Waals surface area contributed by atoms with Crippen molar-refractivity contribution < 1.29 is 45.3 Å². The third-order valence-electron chi connectivity index (χ3n) is 12.9. The lowest BCUT2D eigenvalue weighted by atomic mass is 9.85. The summed E-state index contributed by atoms with van der Waals surface area (Å²) in [5.74, 6) is 0.646. The zero-order valence-corrected chi connectivity index (χ0v) is 43.3. The van der Waals surface area contributed by atoms with E-state index in [2.05, 4.69) is 66.9 Å². The summed E-state index contributed by atoms with van der Waals surface area (Å²) in [5.41, 5.74) is 8.71. The number of halogens is 8. The van der Waals surface area contributed by atoms with E-state index in [0.717, 1.165) is 124 Å². The average molecular weight is 1060 g/mol. The highest BCUT2D eigenvalue weighted by atomic mass is 35.5. The molecule has 17 heteroatoms. The molecule has 0 bridgehead atoms. The Morgan fingerprint density at radius 1 is 0.753 bits per heavy atom. The van der Waals surface area contributed by atoms with Gasteiger partial charge in [-0.3, -0.25) is 9.80 Å². The second kappa shape index (κ2) is 26.7. The van der Waals surface area contributed by atoms with Crippen LogP contribution in [0, 0.1) is 6.92 Å². The second-order valence-corrected chi connectivity index (χ2v) is 18.9. The summed E-state index contributed by atoms with van der Waals surface area (Å²) in [5, 5.41) is 12.1. The third-order valence-corrected chi connectivity index (χ3v) is 13.6. The number of rotatable bonds is 20. The van der Waals surface area contributed by atoms with Crippen molar-refractivity contribution in [3.05, 3.63) is 170 Å². The summed E-state index contributed by atoms with van der Waals surface area (Å²) in [6, 6.07) is 29.4. The molecule has 73 heavy (non-hydrogen) atoms. The molecule has 2 aliphatic rings. The first kappa shape index (κ1) is 56.9. The first-order valence-corrected chi connectivity index (χ1v) is 25.2. The second-order valence-electron chi connectivity index (χ2n) is 18.1. The van der Waals surface area contributed by atoms with Crippen LogP contribution in [0.5, 0.6) is 23.0 Å². The van der Waals surface area contributed by atoms with Crippen molar-refractivity contribution in [3.63, 3.8) is 0 Å². The number of hydrogen-bond donors (Lipinski definition) is 3. The Kier molecular flexibility index (Phi) is 20.8. The molecule has 0 spiro atoms. The molecular formula is C56H65Cl2F6N5O4. The molecule has 7 rings (SSSR count). The van der Waals surface area contributed by atoms with Gasteiger partial charge in [0.05, 0.1) is 12.6 Å². The molecule has 9 nitrogen and oxygen atoms in total. The molecule has 0 saturated carbocycles. The van der Waals surface area contributed by atoms with Crippen LogP contribution >= 0.6 is 23.2 Å². The van der Waals surface area contributed by atoms with E-state index in [1.165, 1.54) is 42.0 Å². The monoisotopic (exact) mass is 1060 g/mol. The zero-order chi connectivity index (χ0) is 52.6. The number of ether oxygens (including phenoxy) is 4. The van der Waals surface area contributed by atoms with Gasteiger partial charge in [0.25, 0.3) is 0 Å². The number of nitrogens with one attached hydrogen (secondary N) is 3. The molecule has 0 aromatic heterocycles. The molecule has 394 valence electrons. The first-order valence-electron chi connectivity index (χ1n) is 24.4. The topological polar surface area (TPSA) is 79.5 Å². The first-order chi connectivity index (χ1) is 34.9. The van der Waals surface area contributed by atoms with Crippen LogP contribution in [0.1, 0.15) is 78.5 Å². The molecule has 2 fully saturated rings. The number of unbranched alkanes of at least 4 members (excludes halogenated alkanes) is 1. The maximum absolute atomic E-state index is 12.5. The van der Waals surface area contributed by atoms with Gasteiger partial charge in [0, 0.05) is 73.7 Å². The van der Waals surface area contributed by atoms with E-state index >= 15 is 0 Å². The molecule has 0 radical (unpaired) electrons. The van der Waals surface area contributed by atoms with Gasteiger partial charge in [-0.2, -0.15) is 0 Å². The Hall–Kier alpha value is -5.42. The summed E-state index contributed by atoms with van der Waals surface area (Å²) >= 11 is 12.7. The largest absolute Gasteiger partial charge is 0.573 e. The van der Waals surface area contributed by atoms with Gasteiger partial charge in [0.15, 0.2) is 11.5 Å². The molecule has 0 amide bonds. The van der Waals surface area contributed by atoms with Crippen LogP contribution < -0.4 is 34.9 Å². The highest BCUT2D eigenvalue weighted by Gasteiger charge is 2.35. The number of methoxy groups -OCH3 is 1. The number of benzene rings is 5. The van der Waals surface area contributed by atoms with Crippen LogP contribution in [-0.2, 0) is 26.2 Å². The molecule has 0 atom stereocenters. The van der Waals surface area contributed by atoms with E-state index in [1.807, 2.05) is 56.3 Å². The smallest absolute Gasteiger partial charge is 0.493 e. The predicted molar refractivity (Wildman–Crippen MR) is 278 cm³/mol. The zero-order valence-electron chi connectivity index (χ0n) is 41.8. The minimum atomic E-state index is -4.72. The maximum Gasteiger partial charge on any atom is 0.573 e. The Morgan fingerprint density at radius 3 is 1.90 bits per heavy atom. The summed E-state index contributed by atoms with van der Waals surface area (Å²) in [6.45, 7) is 19.3. The van der Waals surface area contributed by atoms with Gasteiger partial charge in [-0.05, 0) is 140 Å². The van der Waals surface area contributed by atoms with Crippen molar-refractivity contribution in [1.29, 1.82) is 0 Å². The van der Waals surface area contributed by atoms with E-state index in [0.29, 0.717) is 33.7 Å². The van der Waals surface area contributed by atoms with Gasteiger partial charge in [-0.25, -0.2) is 0 Å². The Balaban J connectivity index is 0.000000238. The number of aryl methyl sites for hydroxylation is 1. The van der Waals surface area contributed by atoms with E-state index in [4.69, 9.17) is 32.7 Å². The number of hydrogen-bond acceptors (Lipinski definition) is 9. The molecule has 2 saturated heterocycles.